The molecule has 0 aliphatic heterocycles. The van der Waals surface area contributed by atoms with Crippen molar-refractivity contribution < 1.29 is 5.11 Å². The van der Waals surface area contributed by atoms with Crippen LogP contribution in [0.1, 0.15) is 13.3 Å². The first-order valence-electron chi connectivity index (χ1n) is 3.23. The largest absolute Gasteiger partial charge is 0.388 e. The van der Waals surface area contributed by atoms with Crippen molar-refractivity contribution in [1.82, 2.24) is 0 Å². The third-order valence-corrected chi connectivity index (χ3v) is 1.50. The number of aliphatic hydroxyl groups is 1. The number of aliphatic hydroxyl groups excluding tert-OH is 1. The van der Waals surface area contributed by atoms with E-state index in [1.165, 1.54) is 0 Å². The Morgan fingerprint density at radius 1 is 1.56 bits per heavy atom. The van der Waals surface area contributed by atoms with Gasteiger partial charge in [-0.15, -0.1) is 0 Å². The molecule has 0 spiro atoms. The van der Waals surface area contributed by atoms with Gasteiger partial charge in [-0.1, -0.05) is 31.2 Å². The third-order valence-electron chi connectivity index (χ3n) is 1.50. The van der Waals surface area contributed by atoms with Crippen LogP contribution >= 0.6 is 0 Å². The molecule has 0 saturated carbocycles. The molecule has 0 aromatic heterocycles. The van der Waals surface area contributed by atoms with Gasteiger partial charge in [0.2, 0.25) is 0 Å². The molecule has 9 heavy (non-hydrogen) atoms. The fourth-order valence-electron chi connectivity index (χ4n) is 0.898. The average molecular weight is 123 g/mol. The topological polar surface area (TPSA) is 20.2 Å². The molecule has 1 rings (SSSR count). The fourth-order valence-corrected chi connectivity index (χ4v) is 0.898. The van der Waals surface area contributed by atoms with E-state index in [2.05, 4.69) is 0 Å². The van der Waals surface area contributed by atoms with E-state index < -0.39 is 0 Å². The molecule has 0 aromatic carbocycles. The van der Waals surface area contributed by atoms with Crippen molar-refractivity contribution >= 4 is 0 Å². The normalized spacial score (nSPS) is 27.1. The second-order valence-electron chi connectivity index (χ2n) is 2.12. The Bertz CT molecular complexity index is 136. The van der Waals surface area contributed by atoms with Gasteiger partial charge in [0.1, 0.15) is 0 Å². The van der Waals surface area contributed by atoms with Crippen molar-refractivity contribution in [1.29, 1.82) is 0 Å². The predicted octanol–water partition coefficient (Wildman–Crippen LogP) is 1.46. The Hall–Kier alpha value is -0.560. The summed E-state index contributed by atoms with van der Waals surface area (Å²) in [6.07, 6.45) is 8.17. The Labute approximate surface area is 55.7 Å². The lowest BCUT2D eigenvalue weighted by atomic mass is 9.95. The molecule has 1 aliphatic carbocycles. The summed E-state index contributed by atoms with van der Waals surface area (Å²) < 4.78 is 0. The number of rotatable bonds is 1. The molecule has 1 heteroatoms. The maximum absolute atomic E-state index is 9.19. The molecule has 0 saturated heterocycles. The zero-order valence-electron chi connectivity index (χ0n) is 5.54. The Morgan fingerprint density at radius 3 is 2.78 bits per heavy atom. The van der Waals surface area contributed by atoms with Crippen molar-refractivity contribution in [2.45, 2.75) is 19.4 Å². The second-order valence-corrected chi connectivity index (χ2v) is 2.12. The average Bonchev–Trinajstić information content (AvgIpc) is 1.89. The van der Waals surface area contributed by atoms with Crippen LogP contribution in [0.25, 0.3) is 0 Å². The van der Waals surface area contributed by atoms with Gasteiger partial charge in [-0.05, 0) is 6.42 Å². The van der Waals surface area contributed by atoms with E-state index in [4.69, 9.17) is 0 Å². The molecule has 0 heterocycles. The standard InChI is InChI=1S/C8H11O/c1-2-7-5-3-4-6-8(7)9/h3-6,8-9H,2H2,1H3. The van der Waals surface area contributed by atoms with Crippen molar-refractivity contribution in [2.75, 3.05) is 0 Å². The fraction of sp³-hybridized carbons (Fsp3) is 0.375. The summed E-state index contributed by atoms with van der Waals surface area (Å²) in [7, 11) is 0. The van der Waals surface area contributed by atoms with E-state index in [-0.39, 0.29) is 6.10 Å². The van der Waals surface area contributed by atoms with Gasteiger partial charge < -0.3 is 5.11 Å². The lowest BCUT2D eigenvalue weighted by Gasteiger charge is -2.15. The van der Waals surface area contributed by atoms with Crippen molar-refractivity contribution in [2.24, 2.45) is 0 Å². The van der Waals surface area contributed by atoms with Gasteiger partial charge in [-0.25, -0.2) is 0 Å². The minimum atomic E-state index is -0.333. The van der Waals surface area contributed by atoms with Crippen LogP contribution in [0.2, 0.25) is 0 Å². The second kappa shape index (κ2) is 2.83. The highest BCUT2D eigenvalue weighted by atomic mass is 16.3. The lowest BCUT2D eigenvalue weighted by molar-refractivity contribution is 0.236. The molecular weight excluding hydrogens is 112 g/mol. The van der Waals surface area contributed by atoms with Gasteiger partial charge in [0, 0.05) is 5.92 Å². The highest BCUT2D eigenvalue weighted by Crippen LogP contribution is 2.17. The summed E-state index contributed by atoms with van der Waals surface area (Å²) in [5.41, 5.74) is 0. The van der Waals surface area contributed by atoms with Gasteiger partial charge >= 0.3 is 0 Å². The maximum Gasteiger partial charge on any atom is 0.0824 e. The molecule has 0 fully saturated rings. The van der Waals surface area contributed by atoms with Crippen LogP contribution in [-0.2, 0) is 0 Å². The summed E-state index contributed by atoms with van der Waals surface area (Å²) >= 11 is 0. The van der Waals surface area contributed by atoms with E-state index >= 15 is 0 Å². The summed E-state index contributed by atoms with van der Waals surface area (Å²) in [5.74, 6) is 1.09. The molecule has 1 N–H and O–H groups in total. The summed E-state index contributed by atoms with van der Waals surface area (Å²) in [6.45, 7) is 2.04. The van der Waals surface area contributed by atoms with Gasteiger partial charge in [0.05, 0.1) is 6.10 Å². The lowest BCUT2D eigenvalue weighted by Crippen LogP contribution is -2.14. The van der Waals surface area contributed by atoms with Crippen molar-refractivity contribution in [3.8, 4) is 0 Å². The van der Waals surface area contributed by atoms with Crippen LogP contribution < -0.4 is 0 Å². The maximum atomic E-state index is 9.19. The van der Waals surface area contributed by atoms with E-state index in [0.717, 1.165) is 12.3 Å². The van der Waals surface area contributed by atoms with E-state index in [0.29, 0.717) is 0 Å². The highest BCUT2D eigenvalue weighted by Gasteiger charge is 2.12. The minimum Gasteiger partial charge on any atom is -0.388 e. The van der Waals surface area contributed by atoms with Gasteiger partial charge in [-0.3, -0.25) is 0 Å². The van der Waals surface area contributed by atoms with Crippen LogP contribution in [0, 0.1) is 5.92 Å². The first kappa shape index (κ1) is 6.56. The summed E-state index contributed by atoms with van der Waals surface area (Å²) in [5, 5.41) is 9.19. The number of hydrogen-bond donors (Lipinski definition) is 1. The molecule has 0 bridgehead atoms. The van der Waals surface area contributed by atoms with Crippen molar-refractivity contribution in [3.63, 3.8) is 0 Å². The SMILES string of the molecule is CC[C]1C=CC=CC1O. The zero-order chi connectivity index (χ0) is 6.69. The Balaban J connectivity index is 2.55. The first-order valence-corrected chi connectivity index (χ1v) is 3.23. The van der Waals surface area contributed by atoms with E-state index in [1.54, 1.807) is 6.08 Å². The van der Waals surface area contributed by atoms with Gasteiger partial charge in [0.15, 0.2) is 0 Å². The summed E-state index contributed by atoms with van der Waals surface area (Å²) in [4.78, 5) is 0. The highest BCUT2D eigenvalue weighted by molar-refractivity contribution is 5.28. The molecule has 0 amide bonds. The number of hydrogen-bond acceptors (Lipinski definition) is 1. The molecule has 49 valence electrons. The van der Waals surface area contributed by atoms with Crippen LogP contribution in [0.4, 0.5) is 0 Å². The monoisotopic (exact) mass is 123 g/mol. The molecule has 1 radical (unpaired) electrons. The van der Waals surface area contributed by atoms with Crippen LogP contribution in [0.3, 0.4) is 0 Å². The Morgan fingerprint density at radius 2 is 2.33 bits per heavy atom. The van der Waals surface area contributed by atoms with Gasteiger partial charge in [-0.2, -0.15) is 0 Å². The van der Waals surface area contributed by atoms with Crippen LogP contribution in [0.15, 0.2) is 24.3 Å². The molecule has 1 unspecified atom stereocenters. The predicted molar refractivity (Wildman–Crippen MR) is 37.8 cm³/mol. The first-order chi connectivity index (χ1) is 4.34. The molecule has 1 aliphatic rings. The smallest absolute Gasteiger partial charge is 0.0824 e. The van der Waals surface area contributed by atoms with Crippen molar-refractivity contribution in [3.05, 3.63) is 30.2 Å². The number of allylic oxidation sites excluding steroid dienone is 2. The molecule has 1 atom stereocenters. The van der Waals surface area contributed by atoms with Crippen LogP contribution in [0.5, 0.6) is 0 Å². The molecular formula is C8H11O. The quantitative estimate of drug-likeness (QED) is 0.559. The minimum absolute atomic E-state index is 0.333. The summed E-state index contributed by atoms with van der Waals surface area (Å²) in [6, 6.07) is 0. The molecule has 1 nitrogen and oxygen atoms in total. The Kier molecular flexibility index (Phi) is 2.06. The molecule has 0 aromatic rings. The van der Waals surface area contributed by atoms with E-state index in [1.807, 2.05) is 25.2 Å². The van der Waals surface area contributed by atoms with Gasteiger partial charge in [0.25, 0.3) is 0 Å². The zero-order valence-corrected chi connectivity index (χ0v) is 5.54. The van der Waals surface area contributed by atoms with E-state index in [9.17, 15) is 5.11 Å². The third kappa shape index (κ3) is 1.42. The van der Waals surface area contributed by atoms with Crippen LogP contribution in [-0.4, -0.2) is 11.2 Å².